The first-order valence-electron chi connectivity index (χ1n) is 9.85. The Hall–Kier alpha value is -2.85. The highest BCUT2D eigenvalue weighted by molar-refractivity contribution is 8.15. The van der Waals surface area contributed by atoms with Gasteiger partial charge in [-0.1, -0.05) is 30.8 Å². The van der Waals surface area contributed by atoms with Gasteiger partial charge in [-0.2, -0.15) is 0 Å². The number of amides is 1. The van der Waals surface area contributed by atoms with Gasteiger partial charge < -0.3 is 15.2 Å². The van der Waals surface area contributed by atoms with E-state index in [0.29, 0.717) is 25.3 Å². The Bertz CT molecular complexity index is 1060. The minimum atomic E-state index is -0.683. The van der Waals surface area contributed by atoms with Gasteiger partial charge in [-0.3, -0.25) is 18.7 Å². The maximum atomic E-state index is 12.8. The van der Waals surface area contributed by atoms with Crippen molar-refractivity contribution in [2.24, 2.45) is 19.1 Å². The predicted octanol–water partition coefficient (Wildman–Crippen LogP) is 1.32. The molecular formula is C21H28N4O5S. The van der Waals surface area contributed by atoms with E-state index in [1.807, 2.05) is 19.1 Å². The van der Waals surface area contributed by atoms with Crippen molar-refractivity contribution in [3.8, 4) is 5.88 Å². The molecular weight excluding hydrogens is 420 g/mol. The number of hydrogen-bond acceptors (Lipinski definition) is 7. The van der Waals surface area contributed by atoms with Gasteiger partial charge in [-0.15, -0.1) is 0 Å². The summed E-state index contributed by atoms with van der Waals surface area (Å²) in [5.41, 5.74) is 0.234. The van der Waals surface area contributed by atoms with E-state index in [0.717, 1.165) is 32.9 Å². The molecule has 0 atom stereocenters. The Balaban J connectivity index is 2.40. The second-order valence-corrected chi connectivity index (χ2v) is 7.79. The first kappa shape index (κ1) is 24.4. The van der Waals surface area contributed by atoms with Crippen LogP contribution in [-0.4, -0.2) is 51.2 Å². The van der Waals surface area contributed by atoms with Crippen LogP contribution in [0.25, 0.3) is 0 Å². The third kappa shape index (κ3) is 6.31. The smallest absolute Gasteiger partial charge is 0.333 e. The maximum Gasteiger partial charge on any atom is 0.333 e. The number of methoxy groups -OCH3 is 1. The zero-order valence-corrected chi connectivity index (χ0v) is 19.0. The molecule has 0 radical (unpaired) electrons. The summed E-state index contributed by atoms with van der Waals surface area (Å²) in [6.45, 7) is 3.04. The van der Waals surface area contributed by atoms with Crippen molar-refractivity contribution in [3.05, 3.63) is 56.2 Å². The zero-order chi connectivity index (χ0) is 23.0. The summed E-state index contributed by atoms with van der Waals surface area (Å²) in [5.74, 6) is -0.745. The fourth-order valence-corrected chi connectivity index (χ4v) is 3.60. The van der Waals surface area contributed by atoms with Crippen LogP contribution in [0.1, 0.15) is 24.5 Å². The molecule has 2 aromatic rings. The molecule has 1 aromatic carbocycles. The molecule has 1 heterocycles. The van der Waals surface area contributed by atoms with Gasteiger partial charge in [0.1, 0.15) is 10.6 Å². The minimum absolute atomic E-state index is 0.00963. The summed E-state index contributed by atoms with van der Waals surface area (Å²) in [7, 11) is 4.28. The average molecular weight is 449 g/mol. The Morgan fingerprint density at radius 1 is 1.19 bits per heavy atom. The molecule has 168 valence electrons. The second-order valence-electron chi connectivity index (χ2n) is 6.83. The van der Waals surface area contributed by atoms with Crippen LogP contribution in [0.4, 0.5) is 5.69 Å². The van der Waals surface area contributed by atoms with Gasteiger partial charge in [0, 0.05) is 34.4 Å². The lowest BCUT2D eigenvalue weighted by Crippen LogP contribution is -2.39. The van der Waals surface area contributed by atoms with Gasteiger partial charge in [0.2, 0.25) is 11.8 Å². The molecule has 31 heavy (non-hydrogen) atoms. The molecule has 0 spiro atoms. The van der Waals surface area contributed by atoms with Gasteiger partial charge in [-0.05, 0) is 30.5 Å². The number of aliphatic imine (C=N–C) groups is 1. The van der Waals surface area contributed by atoms with Gasteiger partial charge in [-0.25, -0.2) is 9.79 Å². The number of nitrogens with one attached hydrogen (secondary N) is 1. The van der Waals surface area contributed by atoms with E-state index < -0.39 is 17.1 Å². The Labute approximate surface area is 184 Å². The van der Waals surface area contributed by atoms with Crippen LogP contribution >= 0.6 is 11.8 Å². The molecule has 0 unspecified atom stereocenters. The molecule has 0 bridgehead atoms. The van der Waals surface area contributed by atoms with E-state index in [1.165, 1.54) is 14.1 Å². The van der Waals surface area contributed by atoms with Crippen molar-refractivity contribution in [1.29, 1.82) is 0 Å². The third-order valence-electron chi connectivity index (χ3n) is 4.61. The van der Waals surface area contributed by atoms with Gasteiger partial charge in [0.25, 0.3) is 5.56 Å². The molecule has 0 aliphatic carbocycles. The highest BCUT2D eigenvalue weighted by Crippen LogP contribution is 2.23. The Morgan fingerprint density at radius 3 is 2.48 bits per heavy atom. The molecule has 2 N–H and O–H groups in total. The van der Waals surface area contributed by atoms with E-state index in [-0.39, 0.29) is 22.3 Å². The van der Waals surface area contributed by atoms with E-state index in [2.05, 4.69) is 10.3 Å². The standard InChI is InChI=1S/C21H28N4O5S/c1-5-14-7-9-15(10-8-14)23-18(31-13-16(26)22-11-6-12-30-4)17-19(27)24(2)21(29)25(3)20(17)28/h7-10,27H,5-6,11-13H2,1-4H3,(H,22,26). The fourth-order valence-electron chi connectivity index (χ4n) is 2.73. The lowest BCUT2D eigenvalue weighted by molar-refractivity contribution is -0.118. The van der Waals surface area contributed by atoms with E-state index in [4.69, 9.17) is 4.74 Å². The topological polar surface area (TPSA) is 115 Å². The summed E-state index contributed by atoms with van der Waals surface area (Å²) in [6.07, 6.45) is 1.55. The van der Waals surface area contributed by atoms with Gasteiger partial charge in [0.15, 0.2) is 0 Å². The number of aryl methyl sites for hydroxylation is 1. The van der Waals surface area contributed by atoms with Crippen LogP contribution in [0.2, 0.25) is 0 Å². The Morgan fingerprint density at radius 2 is 1.87 bits per heavy atom. The van der Waals surface area contributed by atoms with Gasteiger partial charge >= 0.3 is 5.69 Å². The zero-order valence-electron chi connectivity index (χ0n) is 18.2. The maximum absolute atomic E-state index is 12.8. The van der Waals surface area contributed by atoms with Crippen molar-refractivity contribution in [1.82, 2.24) is 14.5 Å². The summed E-state index contributed by atoms with van der Waals surface area (Å²) < 4.78 is 6.82. The van der Waals surface area contributed by atoms with Crippen molar-refractivity contribution in [2.75, 3.05) is 26.0 Å². The minimum Gasteiger partial charge on any atom is -0.494 e. The van der Waals surface area contributed by atoms with Crippen molar-refractivity contribution in [3.63, 3.8) is 0 Å². The average Bonchev–Trinajstić information content (AvgIpc) is 2.78. The molecule has 0 fully saturated rings. The first-order chi connectivity index (χ1) is 14.8. The SMILES string of the molecule is CCc1ccc(N=C(SCC(=O)NCCCOC)c2c(O)n(C)c(=O)n(C)c2=O)cc1. The summed E-state index contributed by atoms with van der Waals surface area (Å²) in [6, 6.07) is 7.44. The number of hydrogen-bond donors (Lipinski definition) is 2. The number of benzene rings is 1. The molecule has 0 aliphatic heterocycles. The molecule has 9 nitrogen and oxygen atoms in total. The largest absolute Gasteiger partial charge is 0.494 e. The number of aromatic nitrogens is 2. The molecule has 10 heteroatoms. The van der Waals surface area contributed by atoms with E-state index in [1.54, 1.807) is 19.2 Å². The van der Waals surface area contributed by atoms with Crippen LogP contribution in [0.15, 0.2) is 38.8 Å². The third-order valence-corrected chi connectivity index (χ3v) is 5.59. The number of ether oxygens (including phenoxy) is 1. The number of rotatable bonds is 9. The summed E-state index contributed by atoms with van der Waals surface area (Å²) in [4.78, 5) is 41.6. The van der Waals surface area contributed by atoms with Crippen molar-refractivity contribution >= 4 is 28.4 Å². The number of carbonyl (C=O) groups is 1. The quantitative estimate of drug-likeness (QED) is 0.340. The first-order valence-corrected chi connectivity index (χ1v) is 10.8. The van der Waals surface area contributed by atoms with Crippen LogP contribution in [0, 0.1) is 0 Å². The van der Waals surface area contributed by atoms with Crippen LogP contribution in [0.3, 0.4) is 0 Å². The highest BCUT2D eigenvalue weighted by Gasteiger charge is 2.21. The lowest BCUT2D eigenvalue weighted by Gasteiger charge is -2.12. The molecule has 2 rings (SSSR count). The van der Waals surface area contributed by atoms with Crippen LogP contribution in [-0.2, 0) is 30.0 Å². The van der Waals surface area contributed by atoms with Crippen molar-refractivity contribution in [2.45, 2.75) is 19.8 Å². The number of thioether (sulfide) groups is 1. The van der Waals surface area contributed by atoms with Gasteiger partial charge in [0.05, 0.1) is 11.4 Å². The van der Waals surface area contributed by atoms with Crippen molar-refractivity contribution < 1.29 is 14.6 Å². The molecule has 0 saturated carbocycles. The van der Waals surface area contributed by atoms with Crippen LogP contribution in [0.5, 0.6) is 5.88 Å². The molecule has 0 aliphatic rings. The van der Waals surface area contributed by atoms with E-state index >= 15 is 0 Å². The normalized spacial score (nSPS) is 11.5. The molecule has 1 aromatic heterocycles. The van der Waals surface area contributed by atoms with E-state index in [9.17, 15) is 19.5 Å². The predicted molar refractivity (Wildman–Crippen MR) is 123 cm³/mol. The highest BCUT2D eigenvalue weighted by atomic mass is 32.2. The fraction of sp³-hybridized carbons (Fsp3) is 0.429. The lowest BCUT2D eigenvalue weighted by atomic mass is 10.1. The molecule has 1 amide bonds. The summed E-state index contributed by atoms with van der Waals surface area (Å²) >= 11 is 1.02. The number of nitrogens with zero attached hydrogens (tertiary/aromatic N) is 3. The summed E-state index contributed by atoms with van der Waals surface area (Å²) in [5, 5.41) is 13.4. The molecule has 0 saturated heterocycles. The second kappa shape index (κ2) is 11.5. The number of carbonyl (C=O) groups excluding carboxylic acids is 1. The van der Waals surface area contributed by atoms with Crippen LogP contribution < -0.4 is 16.6 Å². The number of aromatic hydroxyl groups is 1. The monoisotopic (exact) mass is 448 g/mol. The Kier molecular flexibility index (Phi) is 9.07.